The Bertz CT molecular complexity index is 1120. The summed E-state index contributed by atoms with van der Waals surface area (Å²) in [4.78, 5) is 36.8. The molecule has 0 spiro atoms. The van der Waals surface area contributed by atoms with Crippen LogP contribution >= 0.6 is 15.9 Å². The number of nitrogens with one attached hydrogen (secondary N) is 2. The third-order valence-electron chi connectivity index (χ3n) is 6.04. The second-order valence-electron chi connectivity index (χ2n) is 7.86. The minimum atomic E-state index is -1.09. The number of carbonyl (C=O) groups is 2. The van der Waals surface area contributed by atoms with E-state index in [1.807, 2.05) is 24.5 Å². The van der Waals surface area contributed by atoms with Crippen LogP contribution in [0.15, 0.2) is 41.4 Å². The summed E-state index contributed by atoms with van der Waals surface area (Å²) in [6.45, 7) is 0.628. The first-order valence-electron chi connectivity index (χ1n) is 9.87. The number of ketones is 1. The smallest absolute Gasteiger partial charge is 0.404 e. The standard InChI is InChI=1S/C21H20BrN5O3/c22-17-4-2-12(8-23-17)15-9-24-20(25-15)13-7-16(28)18-14(26-21(29)30)3-1-11-5-6-27(10-13)19(11)18/h2,4-6,8-9,13-14,18,26H,1,3,7,10H2,(H,24,25)(H,29,30)/t13-,14-,18?/m0/s1. The predicted molar refractivity (Wildman–Crippen MR) is 112 cm³/mol. The lowest BCUT2D eigenvalue weighted by molar-refractivity contribution is -0.121. The van der Waals surface area contributed by atoms with Crippen molar-refractivity contribution in [2.45, 2.75) is 43.7 Å². The minimum absolute atomic E-state index is 0.0559. The van der Waals surface area contributed by atoms with Crippen molar-refractivity contribution in [2.75, 3.05) is 0 Å². The van der Waals surface area contributed by atoms with Gasteiger partial charge < -0.3 is 20.0 Å². The largest absolute Gasteiger partial charge is 0.465 e. The lowest BCUT2D eigenvalue weighted by Crippen LogP contribution is -2.44. The van der Waals surface area contributed by atoms with Crippen LogP contribution in [0, 0.1) is 0 Å². The fourth-order valence-electron chi connectivity index (χ4n) is 4.71. The van der Waals surface area contributed by atoms with Gasteiger partial charge >= 0.3 is 6.09 Å². The first-order chi connectivity index (χ1) is 14.5. The zero-order valence-electron chi connectivity index (χ0n) is 16.0. The van der Waals surface area contributed by atoms with Crippen molar-refractivity contribution in [3.63, 3.8) is 0 Å². The maximum absolute atomic E-state index is 13.3. The summed E-state index contributed by atoms with van der Waals surface area (Å²) in [5, 5.41) is 11.8. The molecule has 1 aliphatic carbocycles. The highest BCUT2D eigenvalue weighted by Crippen LogP contribution is 2.39. The van der Waals surface area contributed by atoms with Gasteiger partial charge in [0, 0.05) is 54.8 Å². The molecule has 3 atom stereocenters. The summed E-state index contributed by atoms with van der Waals surface area (Å²) >= 11 is 3.33. The van der Waals surface area contributed by atoms with Gasteiger partial charge in [0.05, 0.1) is 11.6 Å². The number of aryl methyl sites for hydroxylation is 1. The molecule has 2 aliphatic rings. The van der Waals surface area contributed by atoms with E-state index in [-0.39, 0.29) is 11.7 Å². The minimum Gasteiger partial charge on any atom is -0.465 e. The average Bonchev–Trinajstić information content (AvgIpc) is 3.32. The van der Waals surface area contributed by atoms with Crippen molar-refractivity contribution >= 4 is 27.8 Å². The number of hydrogen-bond donors (Lipinski definition) is 3. The molecule has 154 valence electrons. The highest BCUT2D eigenvalue weighted by Gasteiger charge is 2.41. The Morgan fingerprint density at radius 2 is 2.20 bits per heavy atom. The number of carbonyl (C=O) groups excluding carboxylic acids is 1. The molecule has 0 bridgehead atoms. The van der Waals surface area contributed by atoms with Gasteiger partial charge in [-0.1, -0.05) is 0 Å². The molecule has 3 aromatic rings. The monoisotopic (exact) mass is 469 g/mol. The van der Waals surface area contributed by atoms with E-state index in [1.165, 1.54) is 0 Å². The maximum atomic E-state index is 13.3. The van der Waals surface area contributed by atoms with Gasteiger partial charge in [-0.25, -0.2) is 14.8 Å². The number of amides is 1. The second kappa shape index (κ2) is 7.39. The third-order valence-corrected chi connectivity index (χ3v) is 6.51. The number of pyridine rings is 1. The molecular weight excluding hydrogens is 450 g/mol. The van der Waals surface area contributed by atoms with Crippen molar-refractivity contribution in [2.24, 2.45) is 0 Å². The molecule has 0 saturated carbocycles. The number of rotatable bonds is 3. The van der Waals surface area contributed by atoms with Crippen LogP contribution in [0.25, 0.3) is 11.3 Å². The second-order valence-corrected chi connectivity index (χ2v) is 8.67. The first kappa shape index (κ1) is 19.0. The number of carboxylic acid groups (broad SMARTS) is 1. The molecule has 30 heavy (non-hydrogen) atoms. The van der Waals surface area contributed by atoms with E-state index in [2.05, 4.69) is 41.8 Å². The third kappa shape index (κ3) is 3.32. The summed E-state index contributed by atoms with van der Waals surface area (Å²) in [6.07, 6.45) is 6.22. The van der Waals surface area contributed by atoms with Crippen LogP contribution in [0.2, 0.25) is 0 Å². The van der Waals surface area contributed by atoms with Gasteiger partial charge in [-0.2, -0.15) is 0 Å². The quantitative estimate of drug-likeness (QED) is 0.508. The summed E-state index contributed by atoms with van der Waals surface area (Å²) in [7, 11) is 0. The highest BCUT2D eigenvalue weighted by molar-refractivity contribution is 9.10. The Kier molecular flexibility index (Phi) is 4.69. The number of halogens is 1. The lowest BCUT2D eigenvalue weighted by atomic mass is 9.79. The molecule has 0 saturated heterocycles. The Hall–Kier alpha value is -2.94. The van der Waals surface area contributed by atoms with Gasteiger partial charge in [0.15, 0.2) is 0 Å². The van der Waals surface area contributed by atoms with Crippen LogP contribution in [0.4, 0.5) is 4.79 Å². The number of aromatic nitrogens is 4. The van der Waals surface area contributed by atoms with Crippen LogP contribution in [-0.2, 0) is 17.8 Å². The number of H-pyrrole nitrogens is 1. The van der Waals surface area contributed by atoms with Crippen molar-refractivity contribution < 1.29 is 14.7 Å². The van der Waals surface area contributed by atoms with E-state index in [0.29, 0.717) is 19.4 Å². The molecule has 4 heterocycles. The summed E-state index contributed by atoms with van der Waals surface area (Å²) in [5.74, 6) is 0.253. The molecule has 1 amide bonds. The van der Waals surface area contributed by atoms with Crippen molar-refractivity contribution in [1.29, 1.82) is 0 Å². The molecule has 1 unspecified atom stereocenters. The topological polar surface area (TPSA) is 113 Å². The summed E-state index contributed by atoms with van der Waals surface area (Å²) in [5.41, 5.74) is 3.77. The van der Waals surface area contributed by atoms with Crippen LogP contribution < -0.4 is 5.32 Å². The van der Waals surface area contributed by atoms with Gasteiger partial charge in [0.1, 0.15) is 16.2 Å². The lowest BCUT2D eigenvalue weighted by Gasteiger charge is -2.31. The predicted octanol–water partition coefficient (Wildman–Crippen LogP) is 3.46. The Labute approximate surface area is 180 Å². The Morgan fingerprint density at radius 1 is 1.33 bits per heavy atom. The molecule has 0 fully saturated rings. The van der Waals surface area contributed by atoms with Gasteiger partial charge in [-0.3, -0.25) is 4.79 Å². The van der Waals surface area contributed by atoms with E-state index in [9.17, 15) is 14.7 Å². The van der Waals surface area contributed by atoms with Crippen LogP contribution in [0.5, 0.6) is 0 Å². The number of aromatic amines is 1. The first-order valence-corrected chi connectivity index (χ1v) is 10.7. The maximum Gasteiger partial charge on any atom is 0.404 e. The number of Topliss-reactive ketones (excluding diaryl/α,β-unsaturated/α-hetero) is 1. The average molecular weight is 470 g/mol. The summed E-state index contributed by atoms with van der Waals surface area (Å²) in [6, 6.07) is 5.46. The number of nitrogens with zero attached hydrogens (tertiary/aromatic N) is 3. The Balaban J connectivity index is 1.47. The number of hydrogen-bond acceptors (Lipinski definition) is 4. The molecule has 3 aromatic heterocycles. The fourth-order valence-corrected chi connectivity index (χ4v) is 4.95. The molecule has 8 nitrogen and oxygen atoms in total. The summed E-state index contributed by atoms with van der Waals surface area (Å²) < 4.78 is 2.86. The molecule has 1 aliphatic heterocycles. The molecule has 0 aromatic carbocycles. The zero-order valence-corrected chi connectivity index (χ0v) is 17.6. The molecule has 9 heteroatoms. The highest BCUT2D eigenvalue weighted by atomic mass is 79.9. The molecule has 3 N–H and O–H groups in total. The fraction of sp³-hybridized carbons (Fsp3) is 0.333. The normalized spacial score (nSPS) is 23.0. The van der Waals surface area contributed by atoms with E-state index in [0.717, 1.165) is 39.4 Å². The van der Waals surface area contributed by atoms with Crippen LogP contribution in [0.1, 0.15) is 41.8 Å². The molecule has 5 rings (SSSR count). The zero-order chi connectivity index (χ0) is 20.8. The number of imidazole rings is 1. The van der Waals surface area contributed by atoms with E-state index >= 15 is 0 Å². The van der Waals surface area contributed by atoms with E-state index < -0.39 is 18.1 Å². The Morgan fingerprint density at radius 3 is 2.97 bits per heavy atom. The van der Waals surface area contributed by atoms with Gasteiger partial charge in [0.2, 0.25) is 0 Å². The molecule has 0 radical (unpaired) electrons. The van der Waals surface area contributed by atoms with Gasteiger partial charge in [0.25, 0.3) is 0 Å². The van der Waals surface area contributed by atoms with Gasteiger partial charge in [-0.15, -0.1) is 0 Å². The van der Waals surface area contributed by atoms with Crippen LogP contribution in [-0.4, -0.2) is 42.5 Å². The SMILES string of the molecule is O=C(O)N[C@H]1CCc2ccn3c2C1C(=O)C[C@H](c1nc(-c2ccc(Br)nc2)c[nH]1)C3. The van der Waals surface area contributed by atoms with E-state index in [1.54, 1.807) is 6.20 Å². The van der Waals surface area contributed by atoms with Crippen molar-refractivity contribution in [3.8, 4) is 11.3 Å². The molecular formula is C21H20BrN5O3. The van der Waals surface area contributed by atoms with Crippen LogP contribution in [0.3, 0.4) is 0 Å². The van der Waals surface area contributed by atoms with Gasteiger partial charge in [-0.05, 0) is 52.5 Å². The van der Waals surface area contributed by atoms with Crippen molar-refractivity contribution in [3.05, 3.63) is 58.5 Å². The van der Waals surface area contributed by atoms with E-state index in [4.69, 9.17) is 4.98 Å². The van der Waals surface area contributed by atoms with Crippen molar-refractivity contribution in [1.82, 2.24) is 24.8 Å².